The van der Waals surface area contributed by atoms with E-state index in [0.29, 0.717) is 5.75 Å². The smallest absolute Gasteiger partial charge is 0.165 e. The molecule has 1 nitrogen and oxygen atoms in total. The summed E-state index contributed by atoms with van der Waals surface area (Å²) in [5.74, 6) is -0.699. The Hall–Kier alpha value is -1.42. The average Bonchev–Trinajstić information content (AvgIpc) is 2.36. The molecule has 2 aromatic carbocycles. The summed E-state index contributed by atoms with van der Waals surface area (Å²) in [6.07, 6.45) is 0. The number of aryl methyl sites for hydroxylation is 1. The number of ether oxygens (including phenoxy) is 1. The highest BCUT2D eigenvalue weighted by Gasteiger charge is 2.08. The predicted octanol–water partition coefficient (Wildman–Crippen LogP) is 4.96. The third-order valence-electron chi connectivity index (χ3n) is 2.51. The monoisotopic (exact) mass is 312 g/mol. The van der Waals surface area contributed by atoms with Gasteiger partial charge in [-0.1, -0.05) is 28.1 Å². The molecular formula is C14H11BrF2O. The summed E-state index contributed by atoms with van der Waals surface area (Å²) in [6.45, 7) is 1.86. The Bertz CT molecular complexity index is 570. The topological polar surface area (TPSA) is 9.23 Å². The fourth-order valence-corrected chi connectivity index (χ4v) is 1.93. The minimum absolute atomic E-state index is 0.107. The Labute approximate surface area is 113 Å². The van der Waals surface area contributed by atoms with Crippen molar-refractivity contribution in [2.24, 2.45) is 0 Å². The van der Waals surface area contributed by atoms with Crippen LogP contribution in [0.1, 0.15) is 11.1 Å². The zero-order valence-electron chi connectivity index (χ0n) is 9.71. The molecule has 0 saturated heterocycles. The van der Waals surface area contributed by atoms with Crippen molar-refractivity contribution >= 4 is 15.9 Å². The molecule has 0 amide bonds. The lowest BCUT2D eigenvalue weighted by Gasteiger charge is -2.10. The average molecular weight is 313 g/mol. The van der Waals surface area contributed by atoms with E-state index in [1.807, 2.05) is 19.1 Å². The van der Waals surface area contributed by atoms with Gasteiger partial charge in [0.2, 0.25) is 0 Å². The molecule has 0 unspecified atom stereocenters. The van der Waals surface area contributed by atoms with Crippen LogP contribution in [0.5, 0.6) is 11.5 Å². The first-order valence-corrected chi connectivity index (χ1v) is 6.50. The summed E-state index contributed by atoms with van der Waals surface area (Å²) < 4.78 is 31.8. The first kappa shape index (κ1) is 13.0. The van der Waals surface area contributed by atoms with Gasteiger partial charge in [0.15, 0.2) is 11.6 Å². The van der Waals surface area contributed by atoms with E-state index in [1.54, 1.807) is 6.07 Å². The first-order valence-electron chi connectivity index (χ1n) is 5.38. The van der Waals surface area contributed by atoms with E-state index in [2.05, 4.69) is 15.9 Å². The maximum absolute atomic E-state index is 13.4. The maximum atomic E-state index is 13.4. The number of hydrogen-bond acceptors (Lipinski definition) is 1. The summed E-state index contributed by atoms with van der Waals surface area (Å²) in [5, 5.41) is 0.739. The molecule has 0 spiro atoms. The molecule has 2 aromatic rings. The van der Waals surface area contributed by atoms with E-state index in [9.17, 15) is 8.78 Å². The van der Waals surface area contributed by atoms with E-state index in [0.717, 1.165) is 34.7 Å². The summed E-state index contributed by atoms with van der Waals surface area (Å²) >= 11 is 3.35. The van der Waals surface area contributed by atoms with Gasteiger partial charge in [0.25, 0.3) is 0 Å². The number of hydrogen-bond donors (Lipinski definition) is 0. The maximum Gasteiger partial charge on any atom is 0.165 e. The van der Waals surface area contributed by atoms with E-state index in [4.69, 9.17) is 4.74 Å². The Kier molecular flexibility index (Phi) is 3.97. The SMILES string of the molecule is Cc1cc(CBr)ccc1Oc1cc(F)ccc1F. The quantitative estimate of drug-likeness (QED) is 0.728. The number of alkyl halides is 1. The Morgan fingerprint density at radius 1 is 1.06 bits per heavy atom. The van der Waals surface area contributed by atoms with Crippen molar-refractivity contribution in [3.05, 3.63) is 59.2 Å². The molecule has 18 heavy (non-hydrogen) atoms. The molecule has 0 aliphatic rings. The van der Waals surface area contributed by atoms with Crippen molar-refractivity contribution in [1.29, 1.82) is 0 Å². The highest BCUT2D eigenvalue weighted by atomic mass is 79.9. The highest BCUT2D eigenvalue weighted by molar-refractivity contribution is 9.08. The van der Waals surface area contributed by atoms with Gasteiger partial charge in [0.1, 0.15) is 11.6 Å². The minimum Gasteiger partial charge on any atom is -0.454 e. The molecule has 0 fully saturated rings. The van der Waals surface area contributed by atoms with Gasteiger partial charge in [-0.15, -0.1) is 0 Å². The van der Waals surface area contributed by atoms with E-state index in [-0.39, 0.29) is 5.75 Å². The van der Waals surface area contributed by atoms with Gasteiger partial charge >= 0.3 is 0 Å². The summed E-state index contributed by atoms with van der Waals surface area (Å²) in [6, 6.07) is 8.69. The third kappa shape index (κ3) is 2.88. The second-order valence-corrected chi connectivity index (χ2v) is 4.47. The van der Waals surface area contributed by atoms with Crippen molar-refractivity contribution in [2.45, 2.75) is 12.3 Å². The molecule has 0 aromatic heterocycles. The molecule has 0 aliphatic carbocycles. The van der Waals surface area contributed by atoms with Crippen LogP contribution >= 0.6 is 15.9 Å². The van der Waals surface area contributed by atoms with Crippen LogP contribution < -0.4 is 4.74 Å². The van der Waals surface area contributed by atoms with E-state index >= 15 is 0 Å². The van der Waals surface area contributed by atoms with E-state index < -0.39 is 11.6 Å². The molecule has 0 N–H and O–H groups in total. The van der Waals surface area contributed by atoms with E-state index in [1.165, 1.54) is 0 Å². The largest absolute Gasteiger partial charge is 0.454 e. The van der Waals surface area contributed by atoms with Gasteiger partial charge in [0, 0.05) is 11.4 Å². The van der Waals surface area contributed by atoms with Gasteiger partial charge in [0.05, 0.1) is 0 Å². The van der Waals surface area contributed by atoms with Gasteiger partial charge in [-0.05, 0) is 36.2 Å². The third-order valence-corrected chi connectivity index (χ3v) is 3.15. The van der Waals surface area contributed by atoms with Gasteiger partial charge in [-0.25, -0.2) is 8.78 Å². The van der Waals surface area contributed by atoms with Crippen LogP contribution in [0.3, 0.4) is 0 Å². The summed E-state index contributed by atoms with van der Waals surface area (Å²) in [4.78, 5) is 0. The Balaban J connectivity index is 2.31. The minimum atomic E-state index is -0.583. The van der Waals surface area contributed by atoms with Crippen LogP contribution in [0.15, 0.2) is 36.4 Å². The van der Waals surface area contributed by atoms with Crippen molar-refractivity contribution in [3.8, 4) is 11.5 Å². The van der Waals surface area contributed by atoms with Crippen molar-refractivity contribution in [2.75, 3.05) is 0 Å². The van der Waals surface area contributed by atoms with Crippen LogP contribution in [0.4, 0.5) is 8.78 Å². The molecule has 2 rings (SSSR count). The molecule has 0 saturated carbocycles. The molecule has 4 heteroatoms. The number of rotatable bonds is 3. The van der Waals surface area contributed by atoms with Gasteiger partial charge in [-0.2, -0.15) is 0 Å². The van der Waals surface area contributed by atoms with Crippen LogP contribution in [0.25, 0.3) is 0 Å². The molecule has 0 aliphatic heterocycles. The fraction of sp³-hybridized carbons (Fsp3) is 0.143. The zero-order valence-corrected chi connectivity index (χ0v) is 11.3. The van der Waals surface area contributed by atoms with Crippen LogP contribution in [0, 0.1) is 18.6 Å². The standard InChI is InChI=1S/C14H11BrF2O/c1-9-6-10(8-15)2-5-13(9)18-14-7-11(16)3-4-12(14)17/h2-7H,8H2,1H3. The van der Waals surface area contributed by atoms with Crippen LogP contribution in [-0.2, 0) is 5.33 Å². The summed E-state index contributed by atoms with van der Waals surface area (Å²) in [7, 11) is 0. The Morgan fingerprint density at radius 2 is 1.83 bits per heavy atom. The Morgan fingerprint density at radius 3 is 2.50 bits per heavy atom. The molecule has 0 heterocycles. The number of halogens is 3. The lowest BCUT2D eigenvalue weighted by atomic mass is 10.1. The van der Waals surface area contributed by atoms with Crippen LogP contribution in [-0.4, -0.2) is 0 Å². The fourth-order valence-electron chi connectivity index (χ4n) is 1.58. The molecule has 94 valence electrons. The second kappa shape index (κ2) is 5.48. The van der Waals surface area contributed by atoms with Crippen molar-refractivity contribution in [1.82, 2.24) is 0 Å². The van der Waals surface area contributed by atoms with Crippen LogP contribution in [0.2, 0.25) is 0 Å². The molecule has 0 radical (unpaired) electrons. The second-order valence-electron chi connectivity index (χ2n) is 3.91. The number of benzene rings is 2. The lowest BCUT2D eigenvalue weighted by molar-refractivity contribution is 0.434. The summed E-state index contributed by atoms with van der Waals surface area (Å²) in [5.41, 5.74) is 1.97. The van der Waals surface area contributed by atoms with Crippen molar-refractivity contribution < 1.29 is 13.5 Å². The lowest BCUT2D eigenvalue weighted by Crippen LogP contribution is -1.92. The predicted molar refractivity (Wildman–Crippen MR) is 70.2 cm³/mol. The zero-order chi connectivity index (χ0) is 13.1. The van der Waals surface area contributed by atoms with Crippen molar-refractivity contribution in [3.63, 3.8) is 0 Å². The molecular weight excluding hydrogens is 302 g/mol. The van der Waals surface area contributed by atoms with Gasteiger partial charge < -0.3 is 4.74 Å². The first-order chi connectivity index (χ1) is 8.60. The highest BCUT2D eigenvalue weighted by Crippen LogP contribution is 2.28. The normalized spacial score (nSPS) is 10.4. The van der Waals surface area contributed by atoms with Gasteiger partial charge in [-0.3, -0.25) is 0 Å². The molecule has 0 bridgehead atoms. The molecule has 0 atom stereocenters.